The molecule has 0 radical (unpaired) electrons. The van der Waals surface area contributed by atoms with Crippen molar-refractivity contribution in [3.63, 3.8) is 0 Å². The molecule has 28 heavy (non-hydrogen) atoms. The quantitative estimate of drug-likeness (QED) is 0.500. The topological polar surface area (TPSA) is 96.7 Å². The van der Waals surface area contributed by atoms with Gasteiger partial charge in [0.05, 0.1) is 5.69 Å². The Morgan fingerprint density at radius 3 is 2.46 bits per heavy atom. The van der Waals surface area contributed by atoms with Crippen LogP contribution in [0.2, 0.25) is 0 Å². The zero-order chi connectivity index (χ0) is 19.3. The SMILES string of the molecule is Nc1ncc(-c2ccccc2)c(-c2c[nH]c(C(=O)NCc3ccccc3)c2)n1. The highest BCUT2D eigenvalue weighted by molar-refractivity contribution is 5.94. The van der Waals surface area contributed by atoms with E-state index in [1.165, 1.54) is 0 Å². The molecule has 4 N–H and O–H groups in total. The molecule has 0 aliphatic carbocycles. The maximum Gasteiger partial charge on any atom is 0.267 e. The van der Waals surface area contributed by atoms with Crippen LogP contribution in [0.5, 0.6) is 0 Å². The van der Waals surface area contributed by atoms with Gasteiger partial charge in [-0.25, -0.2) is 9.97 Å². The smallest absolute Gasteiger partial charge is 0.267 e. The van der Waals surface area contributed by atoms with E-state index in [9.17, 15) is 4.79 Å². The van der Waals surface area contributed by atoms with Crippen LogP contribution in [0.4, 0.5) is 5.95 Å². The lowest BCUT2D eigenvalue weighted by atomic mass is 10.0. The van der Waals surface area contributed by atoms with E-state index in [4.69, 9.17) is 5.73 Å². The second-order valence-corrected chi connectivity index (χ2v) is 6.33. The van der Waals surface area contributed by atoms with Crippen molar-refractivity contribution in [3.05, 3.63) is 90.4 Å². The van der Waals surface area contributed by atoms with E-state index in [0.29, 0.717) is 17.9 Å². The lowest BCUT2D eigenvalue weighted by molar-refractivity contribution is 0.0946. The first-order valence-electron chi connectivity index (χ1n) is 8.89. The first-order valence-corrected chi connectivity index (χ1v) is 8.89. The van der Waals surface area contributed by atoms with Crippen molar-refractivity contribution in [1.82, 2.24) is 20.3 Å². The number of H-pyrrole nitrogens is 1. The molecular formula is C22H19N5O. The summed E-state index contributed by atoms with van der Waals surface area (Å²) >= 11 is 0. The summed E-state index contributed by atoms with van der Waals surface area (Å²) in [6.45, 7) is 0.462. The Labute approximate surface area is 162 Å². The Balaban J connectivity index is 1.59. The van der Waals surface area contributed by atoms with E-state index in [-0.39, 0.29) is 11.9 Å². The third kappa shape index (κ3) is 3.76. The standard InChI is InChI=1S/C22H19N5O/c23-22-26-14-18(16-9-5-2-6-10-16)20(27-22)17-11-19(24-13-17)21(28)25-12-15-7-3-1-4-8-15/h1-11,13-14,24H,12H2,(H,25,28)(H2,23,26,27). The normalized spacial score (nSPS) is 10.6. The van der Waals surface area contributed by atoms with Crippen LogP contribution in [0.25, 0.3) is 22.4 Å². The van der Waals surface area contributed by atoms with Crippen LogP contribution in [0, 0.1) is 0 Å². The van der Waals surface area contributed by atoms with Crippen molar-refractivity contribution in [2.24, 2.45) is 0 Å². The number of nitrogen functional groups attached to an aromatic ring is 1. The van der Waals surface area contributed by atoms with Gasteiger partial charge in [0.2, 0.25) is 5.95 Å². The van der Waals surface area contributed by atoms with Gasteiger partial charge in [-0.3, -0.25) is 4.79 Å². The Morgan fingerprint density at radius 2 is 1.71 bits per heavy atom. The molecule has 6 nitrogen and oxygen atoms in total. The third-order valence-electron chi connectivity index (χ3n) is 4.39. The van der Waals surface area contributed by atoms with Crippen molar-refractivity contribution in [1.29, 1.82) is 0 Å². The highest BCUT2D eigenvalue weighted by atomic mass is 16.1. The molecule has 0 aliphatic rings. The van der Waals surface area contributed by atoms with Crippen molar-refractivity contribution in [2.45, 2.75) is 6.54 Å². The van der Waals surface area contributed by atoms with E-state index in [2.05, 4.69) is 20.3 Å². The zero-order valence-electron chi connectivity index (χ0n) is 15.1. The van der Waals surface area contributed by atoms with Gasteiger partial charge >= 0.3 is 0 Å². The largest absolute Gasteiger partial charge is 0.368 e. The molecule has 6 heteroatoms. The Bertz CT molecular complexity index is 1090. The number of amides is 1. The highest BCUT2D eigenvalue weighted by Crippen LogP contribution is 2.30. The summed E-state index contributed by atoms with van der Waals surface area (Å²) in [5.41, 5.74) is 10.6. The summed E-state index contributed by atoms with van der Waals surface area (Å²) in [5.74, 6) is 0.00403. The number of carbonyl (C=O) groups is 1. The van der Waals surface area contributed by atoms with Gasteiger partial charge in [0.25, 0.3) is 5.91 Å². The number of aromatic amines is 1. The second kappa shape index (κ2) is 7.75. The van der Waals surface area contributed by atoms with Gasteiger partial charge in [-0.1, -0.05) is 60.7 Å². The summed E-state index contributed by atoms with van der Waals surface area (Å²) in [5, 5.41) is 2.91. The van der Waals surface area contributed by atoms with Gasteiger partial charge in [-0.15, -0.1) is 0 Å². The highest BCUT2D eigenvalue weighted by Gasteiger charge is 2.15. The van der Waals surface area contributed by atoms with Crippen LogP contribution in [0.15, 0.2) is 79.1 Å². The summed E-state index contributed by atoms with van der Waals surface area (Å²) < 4.78 is 0. The van der Waals surface area contributed by atoms with Crippen molar-refractivity contribution >= 4 is 11.9 Å². The van der Waals surface area contributed by atoms with Crippen molar-refractivity contribution in [3.8, 4) is 22.4 Å². The molecule has 4 rings (SSSR count). The summed E-state index contributed by atoms with van der Waals surface area (Å²) in [7, 11) is 0. The van der Waals surface area contributed by atoms with Gasteiger partial charge in [0.1, 0.15) is 5.69 Å². The molecule has 0 aliphatic heterocycles. The predicted octanol–water partition coefficient (Wildman–Crippen LogP) is 3.65. The van der Waals surface area contributed by atoms with Gasteiger partial charge in [0, 0.05) is 30.1 Å². The summed E-state index contributed by atoms with van der Waals surface area (Å²) in [6, 6.07) is 21.4. The van der Waals surface area contributed by atoms with Gasteiger partial charge in [0.15, 0.2) is 0 Å². The van der Waals surface area contributed by atoms with E-state index >= 15 is 0 Å². The molecular weight excluding hydrogens is 350 g/mol. The Kier molecular flexibility index (Phi) is 4.84. The fourth-order valence-corrected chi connectivity index (χ4v) is 2.98. The van der Waals surface area contributed by atoms with Gasteiger partial charge in [-0.2, -0.15) is 0 Å². The monoisotopic (exact) mass is 369 g/mol. The number of benzene rings is 2. The molecule has 2 aromatic heterocycles. The number of aromatic nitrogens is 3. The molecule has 0 saturated carbocycles. The molecule has 138 valence electrons. The number of rotatable bonds is 5. The van der Waals surface area contributed by atoms with Crippen LogP contribution < -0.4 is 11.1 Å². The molecule has 4 aromatic rings. The van der Waals surface area contributed by atoms with Crippen molar-refractivity contribution < 1.29 is 4.79 Å². The molecule has 0 bridgehead atoms. The Morgan fingerprint density at radius 1 is 1.00 bits per heavy atom. The first kappa shape index (κ1) is 17.5. The van der Waals surface area contributed by atoms with E-state index in [0.717, 1.165) is 22.3 Å². The number of nitrogens with two attached hydrogens (primary N) is 1. The molecule has 0 atom stereocenters. The third-order valence-corrected chi connectivity index (χ3v) is 4.39. The molecule has 2 heterocycles. The zero-order valence-corrected chi connectivity index (χ0v) is 15.1. The predicted molar refractivity (Wildman–Crippen MR) is 109 cm³/mol. The lowest BCUT2D eigenvalue weighted by Crippen LogP contribution is -2.22. The second-order valence-electron chi connectivity index (χ2n) is 6.33. The van der Waals surface area contributed by atoms with Gasteiger partial charge < -0.3 is 16.0 Å². The fourth-order valence-electron chi connectivity index (χ4n) is 2.98. The molecule has 0 saturated heterocycles. The number of nitrogens with zero attached hydrogens (tertiary/aromatic N) is 2. The maximum atomic E-state index is 12.5. The van der Waals surface area contributed by atoms with Crippen LogP contribution in [0.1, 0.15) is 16.1 Å². The summed E-state index contributed by atoms with van der Waals surface area (Å²) in [6.07, 6.45) is 3.46. The van der Waals surface area contributed by atoms with Crippen LogP contribution in [0.3, 0.4) is 0 Å². The van der Waals surface area contributed by atoms with Crippen LogP contribution in [-0.2, 0) is 6.54 Å². The number of anilines is 1. The van der Waals surface area contributed by atoms with Crippen LogP contribution in [-0.4, -0.2) is 20.9 Å². The number of hydrogen-bond acceptors (Lipinski definition) is 4. The van der Waals surface area contributed by atoms with E-state index < -0.39 is 0 Å². The van der Waals surface area contributed by atoms with Gasteiger partial charge in [-0.05, 0) is 17.2 Å². The fraction of sp³-hybridized carbons (Fsp3) is 0.0455. The van der Waals surface area contributed by atoms with Crippen molar-refractivity contribution in [2.75, 3.05) is 5.73 Å². The number of hydrogen-bond donors (Lipinski definition) is 3. The summed E-state index contributed by atoms with van der Waals surface area (Å²) in [4.78, 5) is 24.0. The lowest BCUT2D eigenvalue weighted by Gasteiger charge is -2.07. The average molecular weight is 369 g/mol. The minimum absolute atomic E-state index is 0.182. The molecule has 1 amide bonds. The molecule has 0 unspecified atom stereocenters. The maximum absolute atomic E-state index is 12.5. The molecule has 0 fully saturated rings. The van der Waals surface area contributed by atoms with E-state index in [1.54, 1.807) is 18.5 Å². The number of carbonyl (C=O) groups excluding carboxylic acids is 1. The molecule has 2 aromatic carbocycles. The molecule has 0 spiro atoms. The number of nitrogens with one attached hydrogen (secondary N) is 2. The van der Waals surface area contributed by atoms with E-state index in [1.807, 2.05) is 60.7 Å². The minimum atomic E-state index is -0.182. The van der Waals surface area contributed by atoms with Crippen LogP contribution >= 0.6 is 0 Å². The Hall–Kier alpha value is -3.93. The minimum Gasteiger partial charge on any atom is -0.368 e. The average Bonchev–Trinajstić information content (AvgIpc) is 3.24. The first-order chi connectivity index (χ1) is 13.7.